The van der Waals surface area contributed by atoms with Crippen molar-refractivity contribution in [1.82, 2.24) is 5.32 Å². The van der Waals surface area contributed by atoms with Crippen molar-refractivity contribution in [3.05, 3.63) is 22.4 Å². The second-order valence-corrected chi connectivity index (χ2v) is 3.35. The van der Waals surface area contributed by atoms with Crippen LogP contribution in [0.2, 0.25) is 0 Å². The molecule has 3 nitrogen and oxygen atoms in total. The van der Waals surface area contributed by atoms with Crippen LogP contribution >= 0.6 is 11.3 Å². The van der Waals surface area contributed by atoms with Gasteiger partial charge in [-0.3, -0.25) is 4.79 Å². The van der Waals surface area contributed by atoms with Crippen LogP contribution in [0.15, 0.2) is 16.8 Å². The molecule has 4 heteroatoms. The molecule has 0 aliphatic rings. The molecule has 12 heavy (non-hydrogen) atoms. The maximum atomic E-state index is 10.4. The summed E-state index contributed by atoms with van der Waals surface area (Å²) in [6, 6.07) is 1.50. The molecule has 1 heterocycles. The van der Waals surface area contributed by atoms with Crippen LogP contribution in [0.4, 0.5) is 0 Å². The van der Waals surface area contributed by atoms with Gasteiger partial charge in [-0.25, -0.2) is 0 Å². The molecular formula is C8H11NO2S. The molecule has 0 saturated carbocycles. The maximum absolute atomic E-state index is 10.4. The summed E-state index contributed by atoms with van der Waals surface area (Å²) in [4.78, 5) is 10.4. The Balaban J connectivity index is 2.31. The fraction of sp³-hybridized carbons (Fsp3) is 0.375. The third-order valence-electron chi connectivity index (χ3n) is 1.56. The van der Waals surface area contributed by atoms with Crippen LogP contribution < -0.4 is 5.32 Å². The lowest BCUT2D eigenvalue weighted by Crippen LogP contribution is -2.32. The average molecular weight is 185 g/mol. The van der Waals surface area contributed by atoms with E-state index >= 15 is 0 Å². The number of aliphatic carboxylic acids is 1. The molecule has 1 aromatic heterocycles. The topological polar surface area (TPSA) is 49.3 Å². The summed E-state index contributed by atoms with van der Waals surface area (Å²) in [5, 5.41) is 15.4. The first-order valence-electron chi connectivity index (χ1n) is 3.67. The van der Waals surface area contributed by atoms with E-state index < -0.39 is 12.0 Å². The lowest BCUT2D eigenvalue weighted by Gasteiger charge is -2.06. The van der Waals surface area contributed by atoms with Gasteiger partial charge in [0.25, 0.3) is 0 Å². The van der Waals surface area contributed by atoms with Gasteiger partial charge in [-0.2, -0.15) is 11.3 Å². The number of carbonyl (C=O) groups is 1. The van der Waals surface area contributed by atoms with Crippen molar-refractivity contribution in [3.63, 3.8) is 0 Å². The number of hydrogen-bond donors (Lipinski definition) is 2. The zero-order valence-corrected chi connectivity index (χ0v) is 7.60. The highest BCUT2D eigenvalue weighted by Gasteiger charge is 2.08. The van der Waals surface area contributed by atoms with Crippen molar-refractivity contribution in [1.29, 1.82) is 0 Å². The molecule has 0 amide bonds. The largest absolute Gasteiger partial charge is 0.480 e. The number of nitrogens with one attached hydrogen (secondary N) is 1. The van der Waals surface area contributed by atoms with E-state index in [4.69, 9.17) is 5.11 Å². The number of carboxylic acids is 1. The Bertz CT molecular complexity index is 246. The molecule has 2 N–H and O–H groups in total. The van der Waals surface area contributed by atoms with Crippen molar-refractivity contribution in [3.8, 4) is 0 Å². The SMILES string of the molecule is C[C@H](NCc1ccsc1)C(=O)O. The van der Waals surface area contributed by atoms with Gasteiger partial charge in [0.15, 0.2) is 0 Å². The van der Waals surface area contributed by atoms with E-state index in [0.717, 1.165) is 5.56 Å². The molecule has 66 valence electrons. The summed E-state index contributed by atoms with van der Waals surface area (Å²) in [6.07, 6.45) is 0. The normalized spacial score (nSPS) is 12.8. The number of carboxylic acid groups (broad SMARTS) is 1. The van der Waals surface area contributed by atoms with Gasteiger partial charge in [0.1, 0.15) is 6.04 Å². The second kappa shape index (κ2) is 4.23. The molecule has 0 fully saturated rings. The Kier molecular flexibility index (Phi) is 3.25. The summed E-state index contributed by atoms with van der Waals surface area (Å²) < 4.78 is 0. The molecule has 0 radical (unpaired) electrons. The van der Waals surface area contributed by atoms with Crippen LogP contribution in [0.3, 0.4) is 0 Å². The van der Waals surface area contributed by atoms with Gasteiger partial charge >= 0.3 is 5.97 Å². The Morgan fingerprint density at radius 3 is 3.08 bits per heavy atom. The summed E-state index contributed by atoms with van der Waals surface area (Å²) >= 11 is 1.61. The van der Waals surface area contributed by atoms with E-state index in [1.165, 1.54) is 0 Å². The van der Waals surface area contributed by atoms with Crippen molar-refractivity contribution in [2.24, 2.45) is 0 Å². The van der Waals surface area contributed by atoms with Crippen LogP contribution in [0.5, 0.6) is 0 Å². The van der Waals surface area contributed by atoms with E-state index in [1.807, 2.05) is 16.8 Å². The van der Waals surface area contributed by atoms with Crippen LogP contribution in [0.1, 0.15) is 12.5 Å². The number of rotatable bonds is 4. The predicted molar refractivity (Wildman–Crippen MR) is 48.3 cm³/mol. The van der Waals surface area contributed by atoms with Crippen LogP contribution in [0, 0.1) is 0 Å². The number of thiophene rings is 1. The van der Waals surface area contributed by atoms with Gasteiger partial charge in [-0.05, 0) is 29.3 Å². The fourth-order valence-corrected chi connectivity index (χ4v) is 1.42. The Morgan fingerprint density at radius 1 is 1.83 bits per heavy atom. The van der Waals surface area contributed by atoms with E-state index in [2.05, 4.69) is 5.32 Å². The summed E-state index contributed by atoms with van der Waals surface area (Å²) in [7, 11) is 0. The predicted octanol–water partition coefficient (Wildman–Crippen LogP) is 1.31. The molecule has 1 aromatic rings. The molecule has 1 rings (SSSR count). The lowest BCUT2D eigenvalue weighted by molar-refractivity contribution is -0.139. The minimum absolute atomic E-state index is 0.482. The molecule has 0 aromatic carbocycles. The maximum Gasteiger partial charge on any atom is 0.320 e. The van der Waals surface area contributed by atoms with Gasteiger partial charge in [0.05, 0.1) is 0 Å². The lowest BCUT2D eigenvalue weighted by atomic mass is 10.3. The van der Waals surface area contributed by atoms with Crippen LogP contribution in [0.25, 0.3) is 0 Å². The highest BCUT2D eigenvalue weighted by atomic mass is 32.1. The van der Waals surface area contributed by atoms with Crippen LogP contribution in [-0.2, 0) is 11.3 Å². The zero-order chi connectivity index (χ0) is 8.97. The highest BCUT2D eigenvalue weighted by Crippen LogP contribution is 2.05. The Morgan fingerprint density at radius 2 is 2.58 bits per heavy atom. The van der Waals surface area contributed by atoms with Crippen molar-refractivity contribution < 1.29 is 9.90 Å². The first kappa shape index (κ1) is 9.22. The fourth-order valence-electron chi connectivity index (χ4n) is 0.751. The molecule has 0 saturated heterocycles. The van der Waals surface area contributed by atoms with Crippen molar-refractivity contribution >= 4 is 17.3 Å². The van der Waals surface area contributed by atoms with Gasteiger partial charge in [0.2, 0.25) is 0 Å². The minimum Gasteiger partial charge on any atom is -0.480 e. The highest BCUT2D eigenvalue weighted by molar-refractivity contribution is 7.07. The monoisotopic (exact) mass is 185 g/mol. The van der Waals surface area contributed by atoms with Crippen molar-refractivity contribution in [2.75, 3.05) is 0 Å². The molecule has 0 aliphatic carbocycles. The van der Waals surface area contributed by atoms with Crippen LogP contribution in [-0.4, -0.2) is 17.1 Å². The van der Waals surface area contributed by atoms with E-state index in [0.29, 0.717) is 6.54 Å². The Labute approximate surface area is 75.0 Å². The minimum atomic E-state index is -0.815. The molecule has 0 spiro atoms. The number of hydrogen-bond acceptors (Lipinski definition) is 3. The van der Waals surface area contributed by atoms with Crippen molar-refractivity contribution in [2.45, 2.75) is 19.5 Å². The average Bonchev–Trinajstić information content (AvgIpc) is 2.51. The van der Waals surface area contributed by atoms with Gasteiger partial charge in [-0.15, -0.1) is 0 Å². The second-order valence-electron chi connectivity index (χ2n) is 2.57. The smallest absolute Gasteiger partial charge is 0.320 e. The Hall–Kier alpha value is -0.870. The van der Waals surface area contributed by atoms with E-state index in [9.17, 15) is 4.79 Å². The first-order valence-corrected chi connectivity index (χ1v) is 4.61. The third kappa shape index (κ3) is 2.64. The first-order chi connectivity index (χ1) is 5.70. The molecule has 1 atom stereocenters. The summed E-state index contributed by atoms with van der Waals surface area (Å²) in [5.74, 6) is -0.815. The molecule has 0 unspecified atom stereocenters. The third-order valence-corrected chi connectivity index (χ3v) is 2.29. The van der Waals surface area contributed by atoms with E-state index in [-0.39, 0.29) is 0 Å². The summed E-state index contributed by atoms with van der Waals surface area (Å²) in [6.45, 7) is 2.26. The van der Waals surface area contributed by atoms with Gasteiger partial charge in [-0.1, -0.05) is 0 Å². The zero-order valence-electron chi connectivity index (χ0n) is 6.78. The standard InChI is InChI=1S/C8H11NO2S/c1-6(8(10)11)9-4-7-2-3-12-5-7/h2-3,5-6,9H,4H2,1H3,(H,10,11)/t6-/m0/s1. The quantitative estimate of drug-likeness (QED) is 0.743. The van der Waals surface area contributed by atoms with E-state index in [1.54, 1.807) is 18.3 Å². The summed E-state index contributed by atoms with van der Waals surface area (Å²) in [5.41, 5.74) is 1.13. The molecule has 0 bridgehead atoms. The van der Waals surface area contributed by atoms with Gasteiger partial charge < -0.3 is 10.4 Å². The van der Waals surface area contributed by atoms with Gasteiger partial charge in [0, 0.05) is 6.54 Å². The molecular weight excluding hydrogens is 174 g/mol. The molecule has 0 aliphatic heterocycles.